The zero-order valence-electron chi connectivity index (χ0n) is 14.9. The summed E-state index contributed by atoms with van der Waals surface area (Å²) >= 11 is 1.56. The van der Waals surface area contributed by atoms with Crippen molar-refractivity contribution in [1.29, 1.82) is 0 Å². The standard InChI is InChI=1S/C20H22O5S/c1-13-10-18(14(2)26-13)19(21)12-25-20(22)15-5-7-16(8-6-15)24-11-17-4-3-9-23-17/h5-8,10,17H,3-4,9,11-12H2,1-2H3/t17-/m1/s1. The first-order valence-electron chi connectivity index (χ1n) is 8.65. The molecular weight excluding hydrogens is 352 g/mol. The lowest BCUT2D eigenvalue weighted by Crippen LogP contribution is -2.16. The molecule has 0 aliphatic carbocycles. The van der Waals surface area contributed by atoms with Crippen LogP contribution in [0.25, 0.3) is 0 Å². The lowest BCUT2D eigenvalue weighted by molar-refractivity contribution is 0.0474. The zero-order valence-corrected chi connectivity index (χ0v) is 15.8. The number of carbonyl (C=O) groups excluding carboxylic acids is 2. The highest BCUT2D eigenvalue weighted by Crippen LogP contribution is 2.21. The van der Waals surface area contributed by atoms with Crippen LogP contribution in [0.15, 0.2) is 30.3 Å². The van der Waals surface area contributed by atoms with Gasteiger partial charge in [0, 0.05) is 21.9 Å². The number of hydrogen-bond donors (Lipinski definition) is 0. The van der Waals surface area contributed by atoms with Gasteiger partial charge in [-0.15, -0.1) is 11.3 Å². The molecule has 138 valence electrons. The molecule has 1 fully saturated rings. The van der Waals surface area contributed by atoms with Gasteiger partial charge in [0.25, 0.3) is 0 Å². The first-order chi connectivity index (χ1) is 12.5. The third-order valence-corrected chi connectivity index (χ3v) is 5.19. The molecule has 2 aromatic rings. The Labute approximate surface area is 156 Å². The number of esters is 1. The first-order valence-corrected chi connectivity index (χ1v) is 9.46. The molecule has 0 spiro atoms. The van der Waals surface area contributed by atoms with E-state index in [-0.39, 0.29) is 18.5 Å². The van der Waals surface area contributed by atoms with E-state index in [0.29, 0.717) is 23.5 Å². The molecule has 26 heavy (non-hydrogen) atoms. The van der Waals surface area contributed by atoms with Crippen LogP contribution in [0.3, 0.4) is 0 Å². The molecule has 6 heteroatoms. The van der Waals surface area contributed by atoms with E-state index in [2.05, 4.69) is 0 Å². The van der Waals surface area contributed by atoms with Gasteiger partial charge in [0.05, 0.1) is 11.7 Å². The molecule has 1 atom stereocenters. The van der Waals surface area contributed by atoms with Crippen LogP contribution in [-0.4, -0.2) is 37.7 Å². The summed E-state index contributed by atoms with van der Waals surface area (Å²) in [5.41, 5.74) is 1.01. The number of Topliss-reactive ketones (excluding diaryl/α,β-unsaturated/α-hetero) is 1. The van der Waals surface area contributed by atoms with Gasteiger partial charge in [-0.25, -0.2) is 4.79 Å². The summed E-state index contributed by atoms with van der Waals surface area (Å²) in [7, 11) is 0. The van der Waals surface area contributed by atoms with Gasteiger partial charge in [0.1, 0.15) is 12.4 Å². The van der Waals surface area contributed by atoms with Crippen molar-refractivity contribution in [2.45, 2.75) is 32.8 Å². The molecule has 1 saturated heterocycles. The van der Waals surface area contributed by atoms with Gasteiger partial charge in [-0.1, -0.05) is 0 Å². The minimum atomic E-state index is -0.520. The van der Waals surface area contributed by atoms with Crippen molar-refractivity contribution in [2.24, 2.45) is 0 Å². The molecule has 0 radical (unpaired) electrons. The fraction of sp³-hybridized carbons (Fsp3) is 0.400. The SMILES string of the molecule is Cc1cc(C(=O)COC(=O)c2ccc(OC[C@H]3CCCO3)cc2)c(C)s1. The van der Waals surface area contributed by atoms with E-state index in [4.69, 9.17) is 14.2 Å². The summed E-state index contributed by atoms with van der Waals surface area (Å²) in [4.78, 5) is 26.3. The molecule has 5 nitrogen and oxygen atoms in total. The number of rotatable bonds is 7. The molecule has 0 N–H and O–H groups in total. The summed E-state index contributed by atoms with van der Waals surface area (Å²) in [6, 6.07) is 8.55. The quantitative estimate of drug-likeness (QED) is 0.542. The molecule has 0 bridgehead atoms. The summed E-state index contributed by atoms with van der Waals surface area (Å²) in [6.07, 6.45) is 2.23. The number of hydrogen-bond acceptors (Lipinski definition) is 6. The average Bonchev–Trinajstić information content (AvgIpc) is 3.27. The lowest BCUT2D eigenvalue weighted by Gasteiger charge is -2.11. The minimum absolute atomic E-state index is 0.148. The second-order valence-corrected chi connectivity index (χ2v) is 7.76. The van der Waals surface area contributed by atoms with E-state index in [1.165, 1.54) is 0 Å². The minimum Gasteiger partial charge on any atom is -0.491 e. The average molecular weight is 374 g/mol. The number of thiophene rings is 1. The summed E-state index contributed by atoms with van der Waals surface area (Å²) in [5, 5.41) is 0. The Morgan fingerprint density at radius 2 is 2.00 bits per heavy atom. The van der Waals surface area contributed by atoms with Crippen molar-refractivity contribution >= 4 is 23.1 Å². The van der Waals surface area contributed by atoms with Crippen molar-refractivity contribution in [2.75, 3.05) is 19.8 Å². The monoisotopic (exact) mass is 374 g/mol. The molecule has 0 unspecified atom stereocenters. The van der Waals surface area contributed by atoms with Crippen LogP contribution in [0.5, 0.6) is 5.75 Å². The predicted octanol–water partition coefficient (Wildman–Crippen LogP) is 3.96. The maximum atomic E-state index is 12.2. The third kappa shape index (κ3) is 4.71. The number of benzene rings is 1. The summed E-state index contributed by atoms with van der Waals surface area (Å²) < 4.78 is 16.3. The van der Waals surface area contributed by atoms with Crippen LogP contribution < -0.4 is 4.74 Å². The Kier molecular flexibility index (Phi) is 6.06. The van der Waals surface area contributed by atoms with Crippen molar-refractivity contribution in [3.8, 4) is 5.75 Å². The Bertz CT molecular complexity index is 772. The highest BCUT2D eigenvalue weighted by Gasteiger charge is 2.17. The van der Waals surface area contributed by atoms with Crippen LogP contribution in [0, 0.1) is 13.8 Å². The lowest BCUT2D eigenvalue weighted by atomic mass is 10.1. The summed E-state index contributed by atoms with van der Waals surface area (Å²) in [5.74, 6) is -0.0251. The van der Waals surface area contributed by atoms with Crippen LogP contribution in [0.1, 0.15) is 43.3 Å². The normalized spacial score (nSPS) is 16.5. The van der Waals surface area contributed by atoms with Crippen LogP contribution in [0.2, 0.25) is 0 Å². The topological polar surface area (TPSA) is 61.8 Å². The van der Waals surface area contributed by atoms with Crippen molar-refractivity contribution in [1.82, 2.24) is 0 Å². The van der Waals surface area contributed by atoms with Crippen LogP contribution in [0.4, 0.5) is 0 Å². The van der Waals surface area contributed by atoms with Crippen molar-refractivity contribution < 1.29 is 23.8 Å². The number of aryl methyl sites for hydroxylation is 2. The van der Waals surface area contributed by atoms with Gasteiger partial charge in [-0.2, -0.15) is 0 Å². The zero-order chi connectivity index (χ0) is 18.5. The van der Waals surface area contributed by atoms with Gasteiger partial charge in [0.15, 0.2) is 6.61 Å². The second kappa shape index (κ2) is 8.47. The molecule has 1 aliphatic heterocycles. The van der Waals surface area contributed by atoms with Crippen LogP contribution in [-0.2, 0) is 9.47 Å². The smallest absolute Gasteiger partial charge is 0.338 e. The largest absolute Gasteiger partial charge is 0.491 e. The third-order valence-electron chi connectivity index (χ3n) is 4.23. The molecule has 1 aromatic carbocycles. The van der Waals surface area contributed by atoms with E-state index in [1.54, 1.807) is 35.6 Å². The molecular formula is C20H22O5S. The maximum Gasteiger partial charge on any atom is 0.338 e. The fourth-order valence-corrected chi connectivity index (χ4v) is 3.79. The Morgan fingerprint density at radius 3 is 2.62 bits per heavy atom. The van der Waals surface area contributed by atoms with Gasteiger partial charge >= 0.3 is 5.97 Å². The van der Waals surface area contributed by atoms with Gasteiger partial charge < -0.3 is 14.2 Å². The Morgan fingerprint density at radius 1 is 1.23 bits per heavy atom. The number of ketones is 1. The fourth-order valence-electron chi connectivity index (χ4n) is 2.85. The van der Waals surface area contributed by atoms with E-state index in [1.807, 2.05) is 19.9 Å². The van der Waals surface area contributed by atoms with Crippen LogP contribution >= 0.6 is 11.3 Å². The molecule has 0 amide bonds. The maximum absolute atomic E-state index is 12.2. The Hall–Kier alpha value is -2.18. The number of ether oxygens (including phenoxy) is 3. The molecule has 1 aliphatic rings. The summed E-state index contributed by atoms with van der Waals surface area (Å²) in [6.45, 7) is 4.89. The molecule has 2 heterocycles. The first kappa shape index (κ1) is 18.6. The molecule has 3 rings (SSSR count). The Balaban J connectivity index is 1.49. The van der Waals surface area contributed by atoms with Gasteiger partial charge in [-0.3, -0.25) is 4.79 Å². The van der Waals surface area contributed by atoms with Crippen molar-refractivity contribution in [3.63, 3.8) is 0 Å². The highest BCUT2D eigenvalue weighted by atomic mass is 32.1. The molecule has 0 saturated carbocycles. The van der Waals surface area contributed by atoms with E-state index in [9.17, 15) is 9.59 Å². The predicted molar refractivity (Wildman–Crippen MR) is 99.3 cm³/mol. The second-order valence-electron chi connectivity index (χ2n) is 6.30. The van der Waals surface area contributed by atoms with Gasteiger partial charge in [-0.05, 0) is 57.0 Å². The number of carbonyl (C=O) groups is 2. The van der Waals surface area contributed by atoms with E-state index < -0.39 is 5.97 Å². The van der Waals surface area contributed by atoms with E-state index in [0.717, 1.165) is 29.2 Å². The van der Waals surface area contributed by atoms with Gasteiger partial charge in [0.2, 0.25) is 5.78 Å². The van der Waals surface area contributed by atoms with E-state index >= 15 is 0 Å². The molecule has 1 aromatic heterocycles. The van der Waals surface area contributed by atoms with Crippen molar-refractivity contribution in [3.05, 3.63) is 51.2 Å². The highest BCUT2D eigenvalue weighted by molar-refractivity contribution is 7.12.